The molecule has 0 radical (unpaired) electrons. The number of rotatable bonds is 10. The number of halogens is 2. The highest BCUT2D eigenvalue weighted by molar-refractivity contribution is 7.92. The molecule has 0 aliphatic carbocycles. The normalized spacial score (nSPS) is 11.4. The van der Waals surface area contributed by atoms with Gasteiger partial charge in [-0.25, -0.2) is 13.4 Å². The van der Waals surface area contributed by atoms with Crippen LogP contribution in [-0.4, -0.2) is 63.8 Å². The second-order valence-corrected chi connectivity index (χ2v) is 10.9. The summed E-state index contributed by atoms with van der Waals surface area (Å²) in [5.41, 5.74) is 0.667. The fourth-order valence-corrected chi connectivity index (χ4v) is 5.49. The molecule has 11 heteroatoms. The Hall–Kier alpha value is -1.91. The van der Waals surface area contributed by atoms with Crippen molar-refractivity contribution in [3.8, 4) is 5.75 Å². The van der Waals surface area contributed by atoms with Gasteiger partial charge in [-0.2, -0.15) is 0 Å². The Balaban J connectivity index is 0.00000385. The third-order valence-electron chi connectivity index (χ3n) is 4.68. The number of hydrogen-bond donors (Lipinski definition) is 0. The number of amides is 1. The first-order valence-electron chi connectivity index (χ1n) is 10.2. The van der Waals surface area contributed by atoms with Crippen molar-refractivity contribution < 1.29 is 17.9 Å². The molecule has 0 unspecified atom stereocenters. The van der Waals surface area contributed by atoms with Crippen molar-refractivity contribution in [2.75, 3.05) is 44.4 Å². The van der Waals surface area contributed by atoms with Gasteiger partial charge in [-0.15, -0.1) is 12.4 Å². The van der Waals surface area contributed by atoms with E-state index in [9.17, 15) is 13.2 Å². The molecular weight excluding hydrogens is 505 g/mol. The summed E-state index contributed by atoms with van der Waals surface area (Å²) in [5.74, 6) is -0.525. The molecule has 0 fully saturated rings. The number of ether oxygens (including phenoxy) is 1. The molecule has 0 atom stereocenters. The maximum atomic E-state index is 13.2. The largest absolute Gasteiger partial charge is 0.492 e. The molecule has 0 saturated heterocycles. The van der Waals surface area contributed by atoms with Gasteiger partial charge in [-0.1, -0.05) is 29.0 Å². The van der Waals surface area contributed by atoms with Crippen LogP contribution in [0, 0.1) is 0 Å². The van der Waals surface area contributed by atoms with E-state index in [2.05, 4.69) is 4.98 Å². The molecule has 33 heavy (non-hydrogen) atoms. The molecule has 1 aromatic heterocycles. The lowest BCUT2D eigenvalue weighted by Crippen LogP contribution is -2.37. The van der Waals surface area contributed by atoms with Crippen molar-refractivity contribution in [2.45, 2.75) is 18.2 Å². The SMILES string of the molecule is CCOc1cccc2sc(N(CCCN(C)C)C(=O)CS(=O)(=O)c3ccc(Cl)cc3)nc12.Cl. The maximum absolute atomic E-state index is 13.2. The van der Waals surface area contributed by atoms with Crippen molar-refractivity contribution in [1.82, 2.24) is 9.88 Å². The average molecular weight is 533 g/mol. The summed E-state index contributed by atoms with van der Waals surface area (Å²) in [6.45, 7) is 3.50. The van der Waals surface area contributed by atoms with Crippen LogP contribution >= 0.6 is 35.3 Å². The predicted octanol–water partition coefficient (Wildman–Crippen LogP) is 4.53. The summed E-state index contributed by atoms with van der Waals surface area (Å²) in [6.07, 6.45) is 0.675. The Labute approximate surface area is 209 Å². The van der Waals surface area contributed by atoms with E-state index in [1.54, 1.807) is 0 Å². The first-order chi connectivity index (χ1) is 15.2. The Morgan fingerprint density at radius 3 is 2.45 bits per heavy atom. The van der Waals surface area contributed by atoms with Gasteiger partial charge in [0.2, 0.25) is 5.91 Å². The first-order valence-corrected chi connectivity index (χ1v) is 13.0. The molecule has 0 aliphatic heterocycles. The fourth-order valence-electron chi connectivity index (χ4n) is 3.14. The number of para-hydroxylation sites is 1. The van der Waals surface area contributed by atoms with Crippen LogP contribution in [-0.2, 0) is 14.6 Å². The standard InChI is InChI=1S/C22H26ClN3O4S2.ClH/c1-4-30-18-7-5-8-19-21(18)24-22(31-19)26(14-6-13-25(2)3)20(27)15-32(28,29)17-11-9-16(23)10-12-17;/h5,7-12H,4,6,13-15H2,1-3H3;1H. The predicted molar refractivity (Wildman–Crippen MR) is 137 cm³/mol. The van der Waals surface area contributed by atoms with E-state index >= 15 is 0 Å². The van der Waals surface area contributed by atoms with Gasteiger partial charge in [0, 0.05) is 11.6 Å². The van der Waals surface area contributed by atoms with Crippen LogP contribution in [0.5, 0.6) is 5.75 Å². The number of thiazole rings is 1. The summed E-state index contributed by atoms with van der Waals surface area (Å²) < 4.78 is 32.2. The minimum atomic E-state index is -3.83. The van der Waals surface area contributed by atoms with Crippen LogP contribution < -0.4 is 9.64 Å². The van der Waals surface area contributed by atoms with Crippen molar-refractivity contribution in [2.24, 2.45) is 0 Å². The third kappa shape index (κ3) is 7.04. The quantitative estimate of drug-likeness (QED) is 0.382. The number of carbonyl (C=O) groups is 1. The number of hydrogen-bond acceptors (Lipinski definition) is 7. The third-order valence-corrected chi connectivity index (χ3v) is 7.59. The highest BCUT2D eigenvalue weighted by atomic mass is 35.5. The lowest BCUT2D eigenvalue weighted by Gasteiger charge is -2.21. The van der Waals surface area contributed by atoms with Gasteiger partial charge in [-0.3, -0.25) is 9.69 Å². The van der Waals surface area contributed by atoms with E-state index < -0.39 is 21.5 Å². The highest BCUT2D eigenvalue weighted by Crippen LogP contribution is 2.34. The zero-order chi connectivity index (χ0) is 23.3. The van der Waals surface area contributed by atoms with Crippen molar-refractivity contribution >= 4 is 66.4 Å². The molecule has 1 heterocycles. The number of aromatic nitrogens is 1. The highest BCUT2D eigenvalue weighted by Gasteiger charge is 2.27. The molecule has 0 bridgehead atoms. The lowest BCUT2D eigenvalue weighted by molar-refractivity contribution is -0.116. The fraction of sp³-hybridized carbons (Fsp3) is 0.364. The topological polar surface area (TPSA) is 79.8 Å². The van der Waals surface area contributed by atoms with E-state index in [4.69, 9.17) is 16.3 Å². The van der Waals surface area contributed by atoms with Gasteiger partial charge in [0.05, 0.1) is 16.2 Å². The van der Waals surface area contributed by atoms with Crippen molar-refractivity contribution in [3.63, 3.8) is 0 Å². The monoisotopic (exact) mass is 531 g/mol. The van der Waals surface area contributed by atoms with Gasteiger partial charge >= 0.3 is 0 Å². The number of nitrogens with zero attached hydrogens (tertiary/aromatic N) is 3. The second-order valence-electron chi connectivity index (χ2n) is 7.45. The minimum Gasteiger partial charge on any atom is -0.492 e. The summed E-state index contributed by atoms with van der Waals surface area (Å²) >= 11 is 7.21. The van der Waals surface area contributed by atoms with E-state index in [-0.39, 0.29) is 17.3 Å². The molecule has 0 spiro atoms. The van der Waals surface area contributed by atoms with E-state index in [1.165, 1.54) is 40.5 Å². The molecule has 180 valence electrons. The molecule has 7 nitrogen and oxygen atoms in total. The van der Waals surface area contributed by atoms with Crippen LogP contribution in [0.4, 0.5) is 5.13 Å². The van der Waals surface area contributed by atoms with Gasteiger partial charge in [0.25, 0.3) is 0 Å². The Morgan fingerprint density at radius 1 is 1.12 bits per heavy atom. The molecule has 2 aromatic carbocycles. The van der Waals surface area contributed by atoms with Crippen LogP contribution in [0.1, 0.15) is 13.3 Å². The maximum Gasteiger partial charge on any atom is 0.244 e. The van der Waals surface area contributed by atoms with Crippen LogP contribution in [0.25, 0.3) is 10.2 Å². The molecule has 3 aromatic rings. The summed E-state index contributed by atoms with van der Waals surface area (Å²) in [4.78, 5) is 21.4. The number of sulfone groups is 1. The van der Waals surface area contributed by atoms with Crippen LogP contribution in [0.3, 0.4) is 0 Å². The zero-order valence-electron chi connectivity index (χ0n) is 18.7. The van der Waals surface area contributed by atoms with Crippen molar-refractivity contribution in [1.29, 1.82) is 0 Å². The van der Waals surface area contributed by atoms with E-state index in [0.717, 1.165) is 11.2 Å². The average Bonchev–Trinajstić information content (AvgIpc) is 3.16. The molecule has 0 saturated carbocycles. The smallest absolute Gasteiger partial charge is 0.244 e. The number of fused-ring (bicyclic) bond motifs is 1. The van der Waals surface area contributed by atoms with Crippen molar-refractivity contribution in [3.05, 3.63) is 47.5 Å². The summed E-state index contributed by atoms with van der Waals surface area (Å²) in [7, 11) is 0.0696. The van der Waals surface area contributed by atoms with Gasteiger partial charge in [-0.05, 0) is 70.4 Å². The zero-order valence-corrected chi connectivity index (χ0v) is 21.9. The molecule has 0 aliphatic rings. The molecule has 0 N–H and O–H groups in total. The van der Waals surface area contributed by atoms with Gasteiger partial charge in [0.15, 0.2) is 15.0 Å². The summed E-state index contributed by atoms with van der Waals surface area (Å²) in [5, 5.41) is 0.891. The lowest BCUT2D eigenvalue weighted by atomic mass is 10.3. The summed E-state index contributed by atoms with van der Waals surface area (Å²) in [6, 6.07) is 11.4. The van der Waals surface area contributed by atoms with Gasteiger partial charge < -0.3 is 9.64 Å². The number of carbonyl (C=O) groups excluding carboxylic acids is 1. The first kappa shape index (κ1) is 27.3. The van der Waals surface area contributed by atoms with Crippen LogP contribution in [0.15, 0.2) is 47.4 Å². The van der Waals surface area contributed by atoms with E-state index in [0.29, 0.717) is 41.0 Å². The molecule has 3 rings (SSSR count). The van der Waals surface area contributed by atoms with Gasteiger partial charge in [0.1, 0.15) is 17.0 Å². The van der Waals surface area contributed by atoms with E-state index in [1.807, 2.05) is 44.1 Å². The second kappa shape index (κ2) is 12.0. The minimum absolute atomic E-state index is 0. The Kier molecular flexibility index (Phi) is 9.93. The Bertz CT molecular complexity index is 1180. The Morgan fingerprint density at radius 2 is 1.82 bits per heavy atom. The number of anilines is 1. The molecular formula is C22H27Cl2N3O4S2. The molecule has 1 amide bonds. The number of benzene rings is 2. The van der Waals surface area contributed by atoms with Crippen LogP contribution in [0.2, 0.25) is 5.02 Å².